The van der Waals surface area contributed by atoms with Gasteiger partial charge in [0.1, 0.15) is 21.3 Å². The third-order valence-electron chi connectivity index (χ3n) is 4.77. The molecule has 1 atom stereocenters. The van der Waals surface area contributed by atoms with Gasteiger partial charge in [0.2, 0.25) is 0 Å². The average Bonchev–Trinajstić information content (AvgIpc) is 3.09. The summed E-state index contributed by atoms with van der Waals surface area (Å²) < 4.78 is 5.22. The summed E-state index contributed by atoms with van der Waals surface area (Å²) in [7, 11) is 1.93. The Morgan fingerprint density at radius 1 is 1.33 bits per heavy atom. The first kappa shape index (κ1) is 22.1. The standard InChI is InChI=1S/C22H24N4O2S2/c1-5-28-22(27)19-15(3)18-20(26(4)14(2)11-12-23)24-17(25-21(18)30-19)13-29-16-9-7-6-8-10-16/h6-10,14H,5,11,13H2,1-4H3/t14-/m1/s1. The average molecular weight is 441 g/mol. The molecule has 0 spiro atoms. The highest BCUT2D eigenvalue weighted by atomic mass is 32.2. The minimum atomic E-state index is -0.336. The lowest BCUT2D eigenvalue weighted by Crippen LogP contribution is -2.29. The van der Waals surface area contributed by atoms with E-state index >= 15 is 0 Å². The van der Waals surface area contributed by atoms with Crippen molar-refractivity contribution in [1.29, 1.82) is 5.26 Å². The predicted molar refractivity (Wildman–Crippen MR) is 122 cm³/mol. The van der Waals surface area contributed by atoms with Crippen LogP contribution >= 0.6 is 23.1 Å². The number of nitriles is 1. The number of ether oxygens (including phenoxy) is 1. The number of aryl methyl sites for hydroxylation is 1. The molecule has 0 radical (unpaired) electrons. The first-order valence-corrected chi connectivity index (χ1v) is 11.5. The summed E-state index contributed by atoms with van der Waals surface area (Å²) in [5.41, 5.74) is 0.821. The first-order valence-electron chi connectivity index (χ1n) is 9.71. The van der Waals surface area contributed by atoms with Crippen LogP contribution in [0.5, 0.6) is 0 Å². The second-order valence-electron chi connectivity index (χ2n) is 6.84. The molecule has 0 aliphatic carbocycles. The molecule has 0 saturated heterocycles. The zero-order valence-electron chi connectivity index (χ0n) is 17.5. The van der Waals surface area contributed by atoms with Crippen molar-refractivity contribution in [2.75, 3.05) is 18.6 Å². The molecule has 0 aliphatic rings. The SMILES string of the molecule is CCOC(=O)c1sc2nc(CSc3ccccc3)nc(N(C)[C@H](C)CC#N)c2c1C. The lowest BCUT2D eigenvalue weighted by Gasteiger charge is -2.25. The van der Waals surface area contributed by atoms with Gasteiger partial charge in [0, 0.05) is 18.0 Å². The number of fused-ring (bicyclic) bond motifs is 1. The van der Waals surface area contributed by atoms with Crippen molar-refractivity contribution in [3.05, 3.63) is 46.6 Å². The molecule has 2 heterocycles. The Labute approximate surface area is 184 Å². The number of hydrogen-bond acceptors (Lipinski definition) is 8. The van der Waals surface area contributed by atoms with Crippen molar-refractivity contribution in [2.45, 2.75) is 43.9 Å². The highest BCUT2D eigenvalue weighted by molar-refractivity contribution is 7.98. The fourth-order valence-electron chi connectivity index (χ4n) is 3.01. The van der Waals surface area contributed by atoms with Crippen LogP contribution in [0.15, 0.2) is 35.2 Å². The van der Waals surface area contributed by atoms with Crippen LogP contribution < -0.4 is 4.90 Å². The lowest BCUT2D eigenvalue weighted by atomic mass is 10.1. The molecule has 0 fully saturated rings. The number of nitrogens with zero attached hydrogens (tertiary/aromatic N) is 4. The number of thiophene rings is 1. The Kier molecular flexibility index (Phi) is 7.29. The Bertz CT molecular complexity index is 1080. The smallest absolute Gasteiger partial charge is 0.348 e. The fraction of sp³-hybridized carbons (Fsp3) is 0.364. The summed E-state index contributed by atoms with van der Waals surface area (Å²) in [5, 5.41) is 9.98. The predicted octanol–water partition coefficient (Wildman–Crippen LogP) is 5.21. The third kappa shape index (κ3) is 4.74. The van der Waals surface area contributed by atoms with Crippen LogP contribution in [0.25, 0.3) is 10.2 Å². The fourth-order valence-corrected chi connectivity index (χ4v) is 4.88. The van der Waals surface area contributed by atoms with E-state index in [1.54, 1.807) is 18.7 Å². The molecular formula is C22H24N4O2S2. The van der Waals surface area contributed by atoms with E-state index in [2.05, 4.69) is 18.2 Å². The van der Waals surface area contributed by atoms with Crippen molar-refractivity contribution in [1.82, 2.24) is 9.97 Å². The van der Waals surface area contributed by atoms with E-state index in [0.29, 0.717) is 29.5 Å². The normalized spacial score (nSPS) is 11.8. The first-order chi connectivity index (χ1) is 14.5. The van der Waals surface area contributed by atoms with E-state index in [9.17, 15) is 4.79 Å². The topological polar surface area (TPSA) is 79.1 Å². The summed E-state index contributed by atoms with van der Waals surface area (Å²) in [6, 6.07) is 12.3. The van der Waals surface area contributed by atoms with Gasteiger partial charge >= 0.3 is 5.97 Å². The Morgan fingerprint density at radius 2 is 2.07 bits per heavy atom. The monoisotopic (exact) mass is 440 g/mol. The van der Waals surface area contributed by atoms with Gasteiger partial charge in [-0.05, 0) is 38.5 Å². The van der Waals surface area contributed by atoms with Crippen LogP contribution in [0.4, 0.5) is 5.82 Å². The van der Waals surface area contributed by atoms with Gasteiger partial charge in [-0.3, -0.25) is 0 Å². The third-order valence-corrected chi connectivity index (χ3v) is 6.95. The van der Waals surface area contributed by atoms with E-state index < -0.39 is 0 Å². The van der Waals surface area contributed by atoms with E-state index in [0.717, 1.165) is 26.5 Å². The molecule has 0 saturated carbocycles. The van der Waals surface area contributed by atoms with Gasteiger partial charge in [0.15, 0.2) is 0 Å². The van der Waals surface area contributed by atoms with Crippen molar-refractivity contribution in [3.63, 3.8) is 0 Å². The quantitative estimate of drug-likeness (QED) is 0.351. The van der Waals surface area contributed by atoms with E-state index in [4.69, 9.17) is 20.0 Å². The molecule has 0 bridgehead atoms. The van der Waals surface area contributed by atoms with Gasteiger partial charge in [-0.25, -0.2) is 14.8 Å². The molecule has 8 heteroatoms. The molecule has 6 nitrogen and oxygen atoms in total. The summed E-state index contributed by atoms with van der Waals surface area (Å²) in [6.45, 7) is 6.01. The number of aromatic nitrogens is 2. The number of rotatable bonds is 8. The maximum Gasteiger partial charge on any atom is 0.348 e. The minimum Gasteiger partial charge on any atom is -0.462 e. The lowest BCUT2D eigenvalue weighted by molar-refractivity contribution is 0.0531. The number of benzene rings is 1. The highest BCUT2D eigenvalue weighted by Gasteiger charge is 2.24. The molecule has 0 aliphatic heterocycles. The van der Waals surface area contributed by atoms with Gasteiger partial charge < -0.3 is 9.64 Å². The molecule has 30 heavy (non-hydrogen) atoms. The summed E-state index contributed by atoms with van der Waals surface area (Å²) >= 11 is 3.00. The molecule has 3 aromatic rings. The van der Waals surface area contributed by atoms with Crippen molar-refractivity contribution in [3.8, 4) is 6.07 Å². The summed E-state index contributed by atoms with van der Waals surface area (Å²) in [4.78, 5) is 26.5. The van der Waals surface area contributed by atoms with Gasteiger partial charge in [0.25, 0.3) is 0 Å². The maximum absolute atomic E-state index is 12.4. The van der Waals surface area contributed by atoms with E-state index in [1.165, 1.54) is 11.3 Å². The molecule has 0 unspecified atom stereocenters. The summed E-state index contributed by atoms with van der Waals surface area (Å²) in [6.07, 6.45) is 0.379. The molecule has 2 aromatic heterocycles. The zero-order valence-corrected chi connectivity index (χ0v) is 19.1. The van der Waals surface area contributed by atoms with Crippen LogP contribution in [0.3, 0.4) is 0 Å². The maximum atomic E-state index is 12.4. The number of carbonyl (C=O) groups is 1. The van der Waals surface area contributed by atoms with Gasteiger partial charge in [-0.15, -0.1) is 23.1 Å². The van der Waals surface area contributed by atoms with Crippen LogP contribution in [-0.2, 0) is 10.5 Å². The van der Waals surface area contributed by atoms with Crippen molar-refractivity contribution < 1.29 is 9.53 Å². The molecular weight excluding hydrogens is 416 g/mol. The Hall–Kier alpha value is -2.63. The number of thioether (sulfide) groups is 1. The second-order valence-corrected chi connectivity index (χ2v) is 8.89. The van der Waals surface area contributed by atoms with Crippen molar-refractivity contribution >= 4 is 45.1 Å². The zero-order chi connectivity index (χ0) is 21.7. The summed E-state index contributed by atoms with van der Waals surface area (Å²) in [5.74, 6) is 1.71. The number of esters is 1. The van der Waals surface area contributed by atoms with E-state index in [-0.39, 0.29) is 12.0 Å². The van der Waals surface area contributed by atoms with Crippen LogP contribution in [0.1, 0.15) is 41.3 Å². The van der Waals surface area contributed by atoms with Gasteiger partial charge in [-0.1, -0.05) is 18.2 Å². The molecule has 0 amide bonds. The second kappa shape index (κ2) is 9.92. The van der Waals surface area contributed by atoms with E-state index in [1.807, 2.05) is 44.0 Å². The number of hydrogen-bond donors (Lipinski definition) is 0. The van der Waals surface area contributed by atoms with Crippen LogP contribution in [0, 0.1) is 18.3 Å². The molecule has 0 N–H and O–H groups in total. The molecule has 3 rings (SSSR count). The highest BCUT2D eigenvalue weighted by Crippen LogP contribution is 2.37. The van der Waals surface area contributed by atoms with Gasteiger partial charge in [-0.2, -0.15) is 5.26 Å². The largest absolute Gasteiger partial charge is 0.462 e. The van der Waals surface area contributed by atoms with Crippen LogP contribution in [0.2, 0.25) is 0 Å². The molecule has 1 aromatic carbocycles. The van der Waals surface area contributed by atoms with Crippen molar-refractivity contribution in [2.24, 2.45) is 0 Å². The Balaban J connectivity index is 2.06. The number of anilines is 1. The molecule has 156 valence electrons. The Morgan fingerprint density at radius 3 is 2.73 bits per heavy atom. The van der Waals surface area contributed by atoms with Gasteiger partial charge in [0.05, 0.1) is 30.2 Å². The minimum absolute atomic E-state index is 0.0203. The number of carbonyl (C=O) groups excluding carboxylic acids is 1. The van der Waals surface area contributed by atoms with Crippen LogP contribution in [-0.4, -0.2) is 35.6 Å².